The second-order valence-corrected chi connectivity index (χ2v) is 6.30. The summed E-state index contributed by atoms with van der Waals surface area (Å²) in [6.07, 6.45) is 0. The number of amides is 1. The molecule has 0 fully saturated rings. The van der Waals surface area contributed by atoms with Gasteiger partial charge in [0.05, 0.1) is 34.0 Å². The highest BCUT2D eigenvalue weighted by Crippen LogP contribution is 2.26. The Hall–Kier alpha value is -3.72. The van der Waals surface area contributed by atoms with E-state index in [0.29, 0.717) is 22.8 Å². The summed E-state index contributed by atoms with van der Waals surface area (Å²) in [6.45, 7) is 3.37. The fourth-order valence-corrected chi connectivity index (χ4v) is 2.76. The molecule has 1 amide bonds. The number of hydrogen-bond donors (Lipinski definition) is 2. The highest BCUT2D eigenvalue weighted by molar-refractivity contribution is 6.06. The molecule has 3 rings (SSSR count). The fourth-order valence-electron chi connectivity index (χ4n) is 2.76. The number of aromatic nitrogens is 1. The molecule has 0 radical (unpaired) electrons. The van der Waals surface area contributed by atoms with Crippen LogP contribution in [0, 0.1) is 24.0 Å². The maximum absolute atomic E-state index is 12.8. The van der Waals surface area contributed by atoms with Gasteiger partial charge in [0.25, 0.3) is 11.6 Å². The first-order chi connectivity index (χ1) is 13.9. The third-order valence-electron chi connectivity index (χ3n) is 4.41. The molecule has 2 aromatic carbocycles. The van der Waals surface area contributed by atoms with Gasteiger partial charge in [0.1, 0.15) is 18.1 Å². The highest BCUT2D eigenvalue weighted by Gasteiger charge is 2.18. The van der Waals surface area contributed by atoms with Crippen LogP contribution in [0.5, 0.6) is 5.75 Å². The molecule has 1 heterocycles. The number of hydrogen-bond acceptors (Lipinski definition) is 7. The molecular formula is C20H19N3O6. The number of carbonyl (C=O) groups is 1. The maximum atomic E-state index is 12.8. The smallest absolute Gasteiger partial charge is 0.271 e. The number of nitro groups is 1. The lowest BCUT2D eigenvalue weighted by Gasteiger charge is -2.13. The van der Waals surface area contributed by atoms with Gasteiger partial charge >= 0.3 is 0 Å². The lowest BCUT2D eigenvalue weighted by atomic mass is 10.1. The van der Waals surface area contributed by atoms with Crippen molar-refractivity contribution in [2.45, 2.75) is 27.1 Å². The van der Waals surface area contributed by atoms with Gasteiger partial charge in [-0.05, 0) is 32.0 Å². The first-order valence-corrected chi connectivity index (χ1v) is 8.73. The fraction of sp³-hybridized carbons (Fsp3) is 0.200. The molecule has 9 heteroatoms. The van der Waals surface area contributed by atoms with E-state index in [4.69, 9.17) is 9.26 Å². The predicted molar refractivity (Wildman–Crippen MR) is 104 cm³/mol. The molecule has 9 nitrogen and oxygen atoms in total. The Kier molecular flexibility index (Phi) is 5.89. The van der Waals surface area contributed by atoms with E-state index in [0.717, 1.165) is 5.56 Å². The van der Waals surface area contributed by atoms with Crippen molar-refractivity contribution in [2.75, 3.05) is 5.32 Å². The maximum Gasteiger partial charge on any atom is 0.271 e. The molecule has 0 atom stereocenters. The summed E-state index contributed by atoms with van der Waals surface area (Å²) in [7, 11) is 0. The number of aliphatic hydroxyl groups is 1. The van der Waals surface area contributed by atoms with Crippen LogP contribution in [-0.2, 0) is 13.2 Å². The number of anilines is 1. The van der Waals surface area contributed by atoms with Crippen molar-refractivity contribution >= 4 is 17.3 Å². The average Bonchev–Trinajstić information content (AvgIpc) is 3.04. The summed E-state index contributed by atoms with van der Waals surface area (Å²) in [4.78, 5) is 23.2. The van der Waals surface area contributed by atoms with Gasteiger partial charge < -0.3 is 19.7 Å². The topological polar surface area (TPSA) is 128 Å². The summed E-state index contributed by atoms with van der Waals surface area (Å²) in [5.41, 5.74) is 2.07. The van der Waals surface area contributed by atoms with Crippen LogP contribution in [0.25, 0.3) is 0 Å². The monoisotopic (exact) mass is 397 g/mol. The molecule has 0 aliphatic rings. The minimum absolute atomic E-state index is 0.159. The van der Waals surface area contributed by atoms with E-state index in [1.54, 1.807) is 38.1 Å². The third-order valence-corrected chi connectivity index (χ3v) is 4.41. The SMILES string of the molecule is Cc1noc(C)c1COc1ccccc1C(=O)Nc1cc([N+](=O)[O-])ccc1CO. The molecule has 29 heavy (non-hydrogen) atoms. The van der Waals surface area contributed by atoms with Gasteiger partial charge in [0.2, 0.25) is 0 Å². The van der Waals surface area contributed by atoms with E-state index in [9.17, 15) is 20.0 Å². The Morgan fingerprint density at radius 2 is 2.03 bits per heavy atom. The van der Waals surface area contributed by atoms with Crippen LogP contribution < -0.4 is 10.1 Å². The Labute approximate surface area is 166 Å². The normalized spacial score (nSPS) is 10.6. The van der Waals surface area contributed by atoms with E-state index < -0.39 is 10.8 Å². The third kappa shape index (κ3) is 4.41. The van der Waals surface area contributed by atoms with Crippen LogP contribution in [0.3, 0.4) is 0 Å². The first-order valence-electron chi connectivity index (χ1n) is 8.73. The zero-order chi connectivity index (χ0) is 21.0. The molecule has 0 aliphatic heterocycles. The van der Waals surface area contributed by atoms with Crippen molar-refractivity contribution in [3.05, 3.63) is 80.7 Å². The Morgan fingerprint density at radius 3 is 2.69 bits per heavy atom. The van der Waals surface area contributed by atoms with E-state index in [1.807, 2.05) is 0 Å². The van der Waals surface area contributed by atoms with E-state index in [1.165, 1.54) is 18.2 Å². The molecule has 0 bridgehead atoms. The zero-order valence-corrected chi connectivity index (χ0v) is 15.8. The molecule has 0 aliphatic carbocycles. The lowest BCUT2D eigenvalue weighted by Crippen LogP contribution is -2.15. The number of rotatable bonds is 7. The van der Waals surface area contributed by atoms with Crippen molar-refractivity contribution in [1.29, 1.82) is 0 Å². The van der Waals surface area contributed by atoms with E-state index in [-0.39, 0.29) is 30.2 Å². The highest BCUT2D eigenvalue weighted by atomic mass is 16.6. The van der Waals surface area contributed by atoms with Gasteiger partial charge in [-0.25, -0.2) is 0 Å². The van der Waals surface area contributed by atoms with Gasteiger partial charge in [0.15, 0.2) is 0 Å². The van der Waals surface area contributed by atoms with Crippen LogP contribution in [-0.4, -0.2) is 21.1 Å². The molecule has 3 aromatic rings. The number of non-ortho nitro benzene ring substituents is 1. The second kappa shape index (κ2) is 8.53. The van der Waals surface area contributed by atoms with Crippen LogP contribution in [0.15, 0.2) is 47.0 Å². The molecule has 0 spiro atoms. The van der Waals surface area contributed by atoms with Crippen molar-refractivity contribution in [3.8, 4) is 5.75 Å². The standard InChI is InChI=1S/C20H19N3O6/c1-12-17(13(2)29-22-12)11-28-19-6-4-3-5-16(19)20(25)21-18-9-15(23(26)27)8-7-14(18)10-24/h3-9,24H,10-11H2,1-2H3,(H,21,25). The van der Waals surface area contributed by atoms with Crippen LogP contribution in [0.2, 0.25) is 0 Å². The molecule has 0 unspecified atom stereocenters. The second-order valence-electron chi connectivity index (χ2n) is 6.30. The van der Waals surface area contributed by atoms with Crippen LogP contribution in [0.4, 0.5) is 11.4 Å². The zero-order valence-electron chi connectivity index (χ0n) is 15.8. The van der Waals surface area contributed by atoms with Gasteiger partial charge in [0, 0.05) is 17.7 Å². The molecular weight excluding hydrogens is 378 g/mol. The Bertz CT molecular complexity index is 1040. The van der Waals surface area contributed by atoms with Crippen LogP contribution in [0.1, 0.15) is 32.9 Å². The van der Waals surface area contributed by atoms with E-state index >= 15 is 0 Å². The number of nitrogens with zero attached hydrogens (tertiary/aromatic N) is 2. The predicted octanol–water partition coefficient (Wildman–Crippen LogP) is 3.52. The average molecular weight is 397 g/mol. The van der Waals surface area contributed by atoms with Gasteiger partial charge in [-0.3, -0.25) is 14.9 Å². The van der Waals surface area contributed by atoms with Gasteiger partial charge in [-0.2, -0.15) is 0 Å². The number of aryl methyl sites for hydroxylation is 2. The minimum Gasteiger partial charge on any atom is -0.488 e. The Morgan fingerprint density at radius 1 is 1.28 bits per heavy atom. The number of para-hydroxylation sites is 1. The number of benzene rings is 2. The number of aliphatic hydroxyl groups excluding tert-OH is 1. The lowest BCUT2D eigenvalue weighted by molar-refractivity contribution is -0.384. The van der Waals surface area contributed by atoms with Crippen molar-refractivity contribution in [2.24, 2.45) is 0 Å². The number of nitrogens with one attached hydrogen (secondary N) is 1. The van der Waals surface area contributed by atoms with Gasteiger partial charge in [-0.1, -0.05) is 17.3 Å². The number of ether oxygens (including phenoxy) is 1. The largest absolute Gasteiger partial charge is 0.488 e. The number of nitro benzene ring substituents is 1. The minimum atomic E-state index is -0.572. The molecule has 0 saturated carbocycles. The summed E-state index contributed by atoms with van der Waals surface area (Å²) >= 11 is 0. The van der Waals surface area contributed by atoms with Crippen LogP contribution >= 0.6 is 0 Å². The number of carbonyl (C=O) groups excluding carboxylic acids is 1. The summed E-state index contributed by atoms with van der Waals surface area (Å²) < 4.78 is 10.9. The molecule has 1 aromatic heterocycles. The molecule has 2 N–H and O–H groups in total. The van der Waals surface area contributed by atoms with Crippen molar-refractivity contribution < 1.29 is 24.1 Å². The summed E-state index contributed by atoms with van der Waals surface area (Å²) in [5, 5.41) is 27.0. The van der Waals surface area contributed by atoms with Gasteiger partial charge in [-0.15, -0.1) is 0 Å². The quantitative estimate of drug-likeness (QED) is 0.461. The molecule has 150 valence electrons. The summed E-state index contributed by atoms with van der Waals surface area (Å²) in [6, 6.07) is 10.5. The molecule has 0 saturated heterocycles. The van der Waals surface area contributed by atoms with Crippen molar-refractivity contribution in [3.63, 3.8) is 0 Å². The van der Waals surface area contributed by atoms with Crippen molar-refractivity contribution in [1.82, 2.24) is 5.16 Å². The van der Waals surface area contributed by atoms with E-state index in [2.05, 4.69) is 10.5 Å². The first kappa shape index (κ1) is 20.0. The summed E-state index contributed by atoms with van der Waals surface area (Å²) in [5.74, 6) is 0.448. The Balaban J connectivity index is 1.84.